The first-order valence-electron chi connectivity index (χ1n) is 6.02. The maximum atomic E-state index is 12.0. The molecule has 1 rings (SSSR count). The summed E-state index contributed by atoms with van der Waals surface area (Å²) in [6.45, 7) is 0.235. The first-order chi connectivity index (χ1) is 8.63. The summed E-state index contributed by atoms with van der Waals surface area (Å²) in [5, 5.41) is 11.9. The van der Waals surface area contributed by atoms with Gasteiger partial charge in [-0.05, 0) is 44.0 Å². The number of hydrogen-bond donors (Lipinski definition) is 2. The Morgan fingerprint density at radius 1 is 1.22 bits per heavy atom. The number of unbranched alkanes of at least 4 members (excludes halogenated alkanes) is 1. The number of benzene rings is 1. The predicted molar refractivity (Wildman–Crippen MR) is 65.8 cm³/mol. The molecule has 1 aromatic carbocycles. The van der Waals surface area contributed by atoms with Crippen LogP contribution in [0.25, 0.3) is 0 Å². The van der Waals surface area contributed by atoms with Crippen LogP contribution in [0.4, 0.5) is 8.78 Å². The molecule has 0 saturated heterocycles. The van der Waals surface area contributed by atoms with E-state index in [2.05, 4.69) is 10.1 Å². The SMILES string of the molecule is CC(NCCCCO)c1ccc(OC(F)F)cc1. The Morgan fingerprint density at radius 2 is 1.89 bits per heavy atom. The van der Waals surface area contributed by atoms with Crippen LogP contribution in [0.5, 0.6) is 5.75 Å². The van der Waals surface area contributed by atoms with Gasteiger partial charge in [0.2, 0.25) is 0 Å². The molecular weight excluding hydrogens is 240 g/mol. The molecule has 2 N–H and O–H groups in total. The number of rotatable bonds is 8. The smallest absolute Gasteiger partial charge is 0.387 e. The van der Waals surface area contributed by atoms with E-state index in [-0.39, 0.29) is 18.4 Å². The highest BCUT2D eigenvalue weighted by Gasteiger charge is 2.07. The first kappa shape index (κ1) is 14.9. The molecule has 3 nitrogen and oxygen atoms in total. The van der Waals surface area contributed by atoms with Crippen LogP contribution in [0, 0.1) is 0 Å². The highest BCUT2D eigenvalue weighted by atomic mass is 19.3. The van der Waals surface area contributed by atoms with Crippen molar-refractivity contribution in [3.8, 4) is 5.75 Å². The van der Waals surface area contributed by atoms with Gasteiger partial charge in [0.05, 0.1) is 0 Å². The van der Waals surface area contributed by atoms with Crippen molar-refractivity contribution < 1.29 is 18.6 Å². The third-order valence-corrected chi connectivity index (χ3v) is 2.64. The molecule has 0 saturated carbocycles. The van der Waals surface area contributed by atoms with Crippen LogP contribution in [-0.4, -0.2) is 24.9 Å². The van der Waals surface area contributed by atoms with Gasteiger partial charge in [-0.3, -0.25) is 0 Å². The highest BCUT2D eigenvalue weighted by molar-refractivity contribution is 5.28. The molecule has 0 aromatic heterocycles. The molecular formula is C13H19F2NO2. The maximum Gasteiger partial charge on any atom is 0.387 e. The van der Waals surface area contributed by atoms with E-state index in [4.69, 9.17) is 5.11 Å². The molecule has 0 fully saturated rings. The Balaban J connectivity index is 2.41. The van der Waals surface area contributed by atoms with Crippen molar-refractivity contribution in [3.05, 3.63) is 29.8 Å². The second-order valence-electron chi connectivity index (χ2n) is 4.05. The van der Waals surface area contributed by atoms with Crippen molar-refractivity contribution in [3.63, 3.8) is 0 Å². The van der Waals surface area contributed by atoms with Crippen LogP contribution < -0.4 is 10.1 Å². The van der Waals surface area contributed by atoms with Gasteiger partial charge in [-0.15, -0.1) is 0 Å². The number of hydrogen-bond acceptors (Lipinski definition) is 3. The van der Waals surface area contributed by atoms with Gasteiger partial charge in [0, 0.05) is 12.6 Å². The van der Waals surface area contributed by atoms with Crippen LogP contribution in [0.3, 0.4) is 0 Å². The molecule has 0 heterocycles. The normalized spacial score (nSPS) is 12.7. The van der Waals surface area contributed by atoms with Gasteiger partial charge >= 0.3 is 6.61 Å². The molecule has 0 aliphatic carbocycles. The zero-order valence-corrected chi connectivity index (χ0v) is 10.4. The van der Waals surface area contributed by atoms with Crippen LogP contribution >= 0.6 is 0 Å². The second-order valence-corrected chi connectivity index (χ2v) is 4.05. The summed E-state index contributed by atoms with van der Waals surface area (Å²) < 4.78 is 28.2. The summed E-state index contributed by atoms with van der Waals surface area (Å²) in [5.74, 6) is 0.168. The molecule has 1 unspecified atom stereocenters. The Morgan fingerprint density at radius 3 is 2.44 bits per heavy atom. The molecule has 1 aromatic rings. The Kier molecular flexibility index (Phi) is 6.60. The van der Waals surface area contributed by atoms with Gasteiger partial charge in [0.1, 0.15) is 5.75 Å². The van der Waals surface area contributed by atoms with Crippen LogP contribution in [0.1, 0.15) is 31.4 Å². The summed E-state index contributed by atoms with van der Waals surface area (Å²) in [6.07, 6.45) is 1.69. The number of aliphatic hydroxyl groups excluding tert-OH is 1. The second kappa shape index (κ2) is 8.00. The summed E-state index contributed by atoms with van der Waals surface area (Å²) in [4.78, 5) is 0. The molecule has 0 aliphatic heterocycles. The standard InChI is InChI=1S/C13H19F2NO2/c1-10(16-8-2-3-9-17)11-4-6-12(7-5-11)18-13(14)15/h4-7,10,13,16-17H,2-3,8-9H2,1H3. The van der Waals surface area contributed by atoms with Crippen molar-refractivity contribution in [1.29, 1.82) is 0 Å². The van der Waals surface area contributed by atoms with E-state index in [1.54, 1.807) is 12.1 Å². The average molecular weight is 259 g/mol. The third kappa shape index (κ3) is 5.42. The van der Waals surface area contributed by atoms with Gasteiger partial charge in [-0.2, -0.15) is 8.78 Å². The number of aliphatic hydroxyl groups is 1. The fourth-order valence-electron chi connectivity index (χ4n) is 1.61. The molecule has 1 atom stereocenters. The fraction of sp³-hybridized carbons (Fsp3) is 0.538. The molecule has 102 valence electrons. The lowest BCUT2D eigenvalue weighted by Crippen LogP contribution is -2.20. The van der Waals surface area contributed by atoms with Crippen LogP contribution in [0.2, 0.25) is 0 Å². The van der Waals surface area contributed by atoms with Crippen molar-refractivity contribution in [1.82, 2.24) is 5.32 Å². The van der Waals surface area contributed by atoms with Crippen molar-refractivity contribution in [2.24, 2.45) is 0 Å². The summed E-state index contributed by atoms with van der Waals surface area (Å²) in [7, 11) is 0. The Hall–Kier alpha value is -1.20. The van der Waals surface area contributed by atoms with Gasteiger partial charge in [-0.1, -0.05) is 12.1 Å². The lowest BCUT2D eigenvalue weighted by atomic mass is 10.1. The van der Waals surface area contributed by atoms with Crippen LogP contribution in [0.15, 0.2) is 24.3 Å². The van der Waals surface area contributed by atoms with E-state index in [1.807, 2.05) is 6.92 Å². The number of nitrogens with one attached hydrogen (secondary N) is 1. The molecule has 18 heavy (non-hydrogen) atoms. The largest absolute Gasteiger partial charge is 0.435 e. The quantitative estimate of drug-likeness (QED) is 0.705. The van der Waals surface area contributed by atoms with Crippen molar-refractivity contribution >= 4 is 0 Å². The minimum atomic E-state index is -2.79. The van der Waals surface area contributed by atoms with Gasteiger partial charge in [0.25, 0.3) is 0 Å². The van der Waals surface area contributed by atoms with Gasteiger partial charge in [0.15, 0.2) is 0 Å². The number of alkyl halides is 2. The minimum absolute atomic E-state index is 0.143. The van der Waals surface area contributed by atoms with Crippen LogP contribution in [-0.2, 0) is 0 Å². The van der Waals surface area contributed by atoms with Gasteiger partial charge in [-0.25, -0.2) is 0 Å². The van der Waals surface area contributed by atoms with E-state index >= 15 is 0 Å². The van der Waals surface area contributed by atoms with E-state index in [1.165, 1.54) is 12.1 Å². The Labute approximate surface area is 106 Å². The number of halogens is 2. The monoisotopic (exact) mass is 259 g/mol. The average Bonchev–Trinajstić information content (AvgIpc) is 2.34. The zero-order valence-electron chi connectivity index (χ0n) is 10.4. The third-order valence-electron chi connectivity index (χ3n) is 2.64. The molecule has 0 spiro atoms. The Bertz CT molecular complexity index is 330. The van der Waals surface area contributed by atoms with Gasteiger partial charge < -0.3 is 15.2 Å². The number of ether oxygens (including phenoxy) is 1. The fourth-order valence-corrected chi connectivity index (χ4v) is 1.61. The topological polar surface area (TPSA) is 41.5 Å². The molecule has 0 aliphatic rings. The maximum absolute atomic E-state index is 12.0. The van der Waals surface area contributed by atoms with Crippen molar-refractivity contribution in [2.75, 3.05) is 13.2 Å². The zero-order chi connectivity index (χ0) is 13.4. The molecule has 0 amide bonds. The van der Waals surface area contributed by atoms with Crippen molar-refractivity contribution in [2.45, 2.75) is 32.4 Å². The van der Waals surface area contributed by atoms with E-state index < -0.39 is 6.61 Å². The van der Waals surface area contributed by atoms with E-state index in [0.717, 1.165) is 24.9 Å². The molecule has 0 bridgehead atoms. The minimum Gasteiger partial charge on any atom is -0.435 e. The summed E-state index contributed by atoms with van der Waals surface area (Å²) in [5.41, 5.74) is 1.01. The lowest BCUT2D eigenvalue weighted by Gasteiger charge is -2.14. The predicted octanol–water partition coefficient (Wildman–Crippen LogP) is 2.71. The van der Waals surface area contributed by atoms with E-state index in [0.29, 0.717) is 0 Å². The summed E-state index contributed by atoms with van der Waals surface area (Å²) >= 11 is 0. The first-order valence-corrected chi connectivity index (χ1v) is 6.02. The molecule has 5 heteroatoms. The summed E-state index contributed by atoms with van der Waals surface area (Å²) in [6, 6.07) is 6.74. The highest BCUT2D eigenvalue weighted by Crippen LogP contribution is 2.19. The lowest BCUT2D eigenvalue weighted by molar-refractivity contribution is -0.0498. The molecule has 0 radical (unpaired) electrons. The van der Waals surface area contributed by atoms with E-state index in [9.17, 15) is 8.78 Å².